The number of hydrogen-bond acceptors (Lipinski definition) is 4. The third-order valence-corrected chi connectivity index (χ3v) is 5.68. The van der Waals surface area contributed by atoms with E-state index in [0.29, 0.717) is 23.8 Å². The van der Waals surface area contributed by atoms with Crippen LogP contribution in [-0.4, -0.2) is 34.8 Å². The molecule has 0 aromatic heterocycles. The molecule has 0 saturated heterocycles. The number of nitrogens with zero attached hydrogens (tertiary/aromatic N) is 2. The fraction of sp³-hybridized carbons (Fsp3) is 0.900. The summed E-state index contributed by atoms with van der Waals surface area (Å²) in [5.74, 6) is 0.853. The van der Waals surface area contributed by atoms with Crippen molar-refractivity contribution < 1.29 is 0 Å². The van der Waals surface area contributed by atoms with Gasteiger partial charge in [0.15, 0.2) is 0 Å². The van der Waals surface area contributed by atoms with Crippen LogP contribution in [0.5, 0.6) is 0 Å². The van der Waals surface area contributed by atoms with Crippen molar-refractivity contribution in [1.29, 1.82) is 10.8 Å². The molecule has 2 aliphatic rings. The van der Waals surface area contributed by atoms with Crippen LogP contribution >= 0.6 is 24.8 Å². The van der Waals surface area contributed by atoms with E-state index in [0.717, 1.165) is 25.7 Å². The fourth-order valence-corrected chi connectivity index (χ4v) is 3.61. The first-order valence-electron chi connectivity index (χ1n) is 10.4. The van der Waals surface area contributed by atoms with E-state index in [2.05, 4.69) is 20.9 Å². The number of rotatable bonds is 6. The molecule has 0 aromatic carbocycles. The maximum atomic E-state index is 8.41. The highest BCUT2D eigenvalue weighted by Crippen LogP contribution is 2.22. The lowest BCUT2D eigenvalue weighted by Crippen LogP contribution is -2.47. The minimum atomic E-state index is -0.695. The summed E-state index contributed by atoms with van der Waals surface area (Å²) in [5.41, 5.74) is -1.39. The molecule has 8 heteroatoms. The van der Waals surface area contributed by atoms with Crippen molar-refractivity contribution in [3.05, 3.63) is 0 Å². The molecular weight excluding hydrogens is 395 g/mol. The predicted octanol–water partition coefficient (Wildman–Crippen LogP) is 5.64. The summed E-state index contributed by atoms with van der Waals surface area (Å²) < 4.78 is 0. The van der Waals surface area contributed by atoms with Crippen LogP contribution in [0, 0.1) is 10.8 Å². The molecule has 0 amide bonds. The molecule has 2 rings (SSSR count). The van der Waals surface area contributed by atoms with Crippen LogP contribution in [0.4, 0.5) is 0 Å². The summed E-state index contributed by atoms with van der Waals surface area (Å²) in [6.07, 6.45) is 12.1. The van der Waals surface area contributed by atoms with Gasteiger partial charge in [0.05, 0.1) is 0 Å². The van der Waals surface area contributed by atoms with Gasteiger partial charge in [-0.15, -0.1) is 24.8 Å². The van der Waals surface area contributed by atoms with Gasteiger partial charge < -0.3 is 10.6 Å². The average Bonchev–Trinajstić information content (AvgIpc) is 2.62. The minimum absolute atomic E-state index is 0. The Bertz CT molecular complexity index is 475. The predicted molar refractivity (Wildman–Crippen MR) is 123 cm³/mol. The molecule has 0 radical (unpaired) electrons. The second-order valence-corrected chi connectivity index (χ2v) is 9.03. The lowest BCUT2D eigenvalue weighted by Gasteiger charge is -2.31. The van der Waals surface area contributed by atoms with E-state index in [1.54, 1.807) is 0 Å². The number of azo groups is 1. The van der Waals surface area contributed by atoms with E-state index in [9.17, 15) is 0 Å². The standard InChI is InChI=1S/C20H38N6.2ClH/c1-19(2,17(21)23-15-11-7-5-8-12-15)25-26-20(3,4)18(22)24-16-13-9-6-10-14-16;;/h15-16H,5-14H2,1-4H3,(H2,21,23)(H2,22,24);2*1H/b26-25+;;. The van der Waals surface area contributed by atoms with Crippen LogP contribution in [0.2, 0.25) is 0 Å². The zero-order chi connectivity index (χ0) is 19.2. The lowest BCUT2D eigenvalue weighted by atomic mass is 9.94. The van der Waals surface area contributed by atoms with Gasteiger partial charge in [0.2, 0.25) is 0 Å². The van der Waals surface area contributed by atoms with E-state index in [-0.39, 0.29) is 24.8 Å². The quantitative estimate of drug-likeness (QED) is 0.247. The van der Waals surface area contributed by atoms with Crippen molar-refractivity contribution in [1.82, 2.24) is 10.6 Å². The Balaban J connectivity index is 0.00000364. The summed E-state index contributed by atoms with van der Waals surface area (Å²) in [5, 5.41) is 32.5. The van der Waals surface area contributed by atoms with E-state index in [4.69, 9.17) is 10.8 Å². The smallest absolute Gasteiger partial charge is 0.132 e. The van der Waals surface area contributed by atoms with E-state index >= 15 is 0 Å². The molecule has 4 N–H and O–H groups in total. The van der Waals surface area contributed by atoms with Crippen LogP contribution in [0.1, 0.15) is 91.9 Å². The summed E-state index contributed by atoms with van der Waals surface area (Å²) in [7, 11) is 0. The topological polar surface area (TPSA) is 96.5 Å². The zero-order valence-corrected chi connectivity index (χ0v) is 19.6. The van der Waals surface area contributed by atoms with Gasteiger partial charge in [0.25, 0.3) is 0 Å². The third-order valence-electron chi connectivity index (χ3n) is 5.68. The molecule has 0 atom stereocenters. The van der Waals surface area contributed by atoms with Crippen molar-refractivity contribution in [2.24, 2.45) is 10.2 Å². The van der Waals surface area contributed by atoms with Gasteiger partial charge in [-0.3, -0.25) is 10.8 Å². The SMILES string of the molecule is CC(C)(/N=N/C(C)(C)C(=N)NC1CCCCC1)C(=N)NC1CCCCC1.Cl.Cl. The maximum Gasteiger partial charge on any atom is 0.132 e. The Morgan fingerprint density at radius 1 is 0.643 bits per heavy atom. The number of halogens is 2. The third kappa shape index (κ3) is 8.24. The van der Waals surface area contributed by atoms with Crippen molar-refractivity contribution in [2.45, 2.75) is 115 Å². The number of amidine groups is 2. The molecule has 0 aromatic rings. The fourth-order valence-electron chi connectivity index (χ4n) is 3.61. The van der Waals surface area contributed by atoms with Crippen LogP contribution in [0.15, 0.2) is 10.2 Å². The summed E-state index contributed by atoms with van der Waals surface area (Å²) in [6, 6.07) is 0.787. The highest BCUT2D eigenvalue weighted by Gasteiger charge is 2.30. The molecular formula is C20H40Cl2N6. The maximum absolute atomic E-state index is 8.41. The van der Waals surface area contributed by atoms with E-state index in [1.165, 1.54) is 38.5 Å². The molecule has 6 nitrogen and oxygen atoms in total. The lowest BCUT2D eigenvalue weighted by molar-refractivity contribution is 0.400. The van der Waals surface area contributed by atoms with Gasteiger partial charge in [0, 0.05) is 12.1 Å². The highest BCUT2D eigenvalue weighted by molar-refractivity contribution is 5.89. The molecule has 2 aliphatic carbocycles. The van der Waals surface area contributed by atoms with Crippen LogP contribution < -0.4 is 10.6 Å². The largest absolute Gasteiger partial charge is 0.369 e. The van der Waals surface area contributed by atoms with Crippen molar-refractivity contribution >= 4 is 36.5 Å². The van der Waals surface area contributed by atoms with Gasteiger partial charge in [-0.25, -0.2) is 0 Å². The Morgan fingerprint density at radius 2 is 0.929 bits per heavy atom. The molecule has 2 fully saturated rings. The van der Waals surface area contributed by atoms with Crippen molar-refractivity contribution in [2.75, 3.05) is 0 Å². The van der Waals surface area contributed by atoms with E-state index in [1.807, 2.05) is 27.7 Å². The summed E-state index contributed by atoms with van der Waals surface area (Å²) >= 11 is 0. The van der Waals surface area contributed by atoms with Gasteiger partial charge in [0.1, 0.15) is 22.7 Å². The first-order valence-corrected chi connectivity index (χ1v) is 10.4. The highest BCUT2D eigenvalue weighted by atomic mass is 35.5. The first-order chi connectivity index (χ1) is 12.2. The molecule has 2 saturated carbocycles. The molecule has 0 bridgehead atoms. The first kappa shape index (κ1) is 27.1. The zero-order valence-electron chi connectivity index (χ0n) is 17.9. The second-order valence-electron chi connectivity index (χ2n) is 9.03. The van der Waals surface area contributed by atoms with Crippen molar-refractivity contribution in [3.63, 3.8) is 0 Å². The average molecular weight is 435 g/mol. The minimum Gasteiger partial charge on any atom is -0.369 e. The normalized spacial score (nSPS) is 19.4. The molecule has 28 heavy (non-hydrogen) atoms. The van der Waals surface area contributed by atoms with Gasteiger partial charge in [-0.2, -0.15) is 10.2 Å². The van der Waals surface area contributed by atoms with E-state index < -0.39 is 11.1 Å². The Kier molecular flexibility index (Phi) is 11.6. The monoisotopic (exact) mass is 434 g/mol. The second kappa shape index (κ2) is 12.0. The summed E-state index contributed by atoms with van der Waals surface area (Å²) in [4.78, 5) is 0. The molecule has 0 aliphatic heterocycles. The molecule has 0 unspecified atom stereocenters. The van der Waals surface area contributed by atoms with Crippen LogP contribution in [-0.2, 0) is 0 Å². The molecule has 0 heterocycles. The molecule has 0 spiro atoms. The van der Waals surface area contributed by atoms with Crippen LogP contribution in [0.3, 0.4) is 0 Å². The number of hydrogen-bond donors (Lipinski definition) is 4. The van der Waals surface area contributed by atoms with Gasteiger partial charge in [-0.1, -0.05) is 38.5 Å². The van der Waals surface area contributed by atoms with Gasteiger partial charge >= 0.3 is 0 Å². The molecule has 164 valence electrons. The number of nitrogens with one attached hydrogen (secondary N) is 4. The van der Waals surface area contributed by atoms with Crippen LogP contribution in [0.25, 0.3) is 0 Å². The Morgan fingerprint density at radius 3 is 1.21 bits per heavy atom. The Labute approximate surface area is 183 Å². The Hall–Kier alpha value is -0.880. The van der Waals surface area contributed by atoms with Crippen molar-refractivity contribution in [3.8, 4) is 0 Å². The van der Waals surface area contributed by atoms with Gasteiger partial charge in [-0.05, 0) is 53.4 Å². The summed E-state index contributed by atoms with van der Waals surface area (Å²) in [6.45, 7) is 7.68.